The minimum Gasteiger partial charge on any atom is -0.207 e. The third-order valence-corrected chi connectivity index (χ3v) is 4.34. The number of halogens is 3. The van der Waals surface area contributed by atoms with Crippen molar-refractivity contribution < 1.29 is 4.39 Å². The lowest BCUT2D eigenvalue weighted by atomic mass is 9.98. The van der Waals surface area contributed by atoms with Crippen LogP contribution in [0, 0.1) is 23.2 Å². The van der Waals surface area contributed by atoms with Gasteiger partial charge in [0.2, 0.25) is 0 Å². The Hall–Kier alpha value is -0.610. The second-order valence-electron chi connectivity index (χ2n) is 4.39. The van der Waals surface area contributed by atoms with Gasteiger partial charge in [0.1, 0.15) is 5.82 Å². The van der Waals surface area contributed by atoms with Crippen molar-refractivity contribution >= 4 is 34.2 Å². The summed E-state index contributed by atoms with van der Waals surface area (Å²) in [6.07, 6.45) is 0. The molecule has 0 spiro atoms. The van der Waals surface area contributed by atoms with Crippen LogP contribution in [0.2, 0.25) is 0 Å². The molecule has 0 heterocycles. The predicted octanol–water partition coefficient (Wildman–Crippen LogP) is 5.38. The molecular formula is C15H13ClFI. The third kappa shape index (κ3) is 2.86. The predicted molar refractivity (Wildman–Crippen MR) is 82.7 cm³/mol. The summed E-state index contributed by atoms with van der Waals surface area (Å²) in [6.45, 7) is 4.11. The number of alkyl halides is 1. The Balaban J connectivity index is 2.44. The Kier molecular flexibility index (Phi) is 4.28. The van der Waals surface area contributed by atoms with E-state index in [1.165, 1.54) is 17.7 Å². The lowest BCUT2D eigenvalue weighted by Gasteiger charge is -2.15. The largest absolute Gasteiger partial charge is 0.207 e. The Morgan fingerprint density at radius 2 is 1.72 bits per heavy atom. The maximum Gasteiger partial charge on any atom is 0.124 e. The summed E-state index contributed by atoms with van der Waals surface area (Å²) in [5, 5.41) is -0.238. The van der Waals surface area contributed by atoms with Gasteiger partial charge in [-0.3, -0.25) is 0 Å². The fourth-order valence-electron chi connectivity index (χ4n) is 1.98. The molecule has 0 saturated carbocycles. The van der Waals surface area contributed by atoms with Crippen molar-refractivity contribution in [2.75, 3.05) is 0 Å². The minimum absolute atomic E-state index is 0.229. The molecule has 0 aliphatic carbocycles. The van der Waals surface area contributed by atoms with Crippen molar-refractivity contribution in [3.05, 3.63) is 68.0 Å². The maximum atomic E-state index is 13.1. The van der Waals surface area contributed by atoms with E-state index in [9.17, 15) is 4.39 Å². The van der Waals surface area contributed by atoms with Gasteiger partial charge in [0.25, 0.3) is 0 Å². The zero-order chi connectivity index (χ0) is 13.3. The molecule has 0 saturated heterocycles. The molecule has 0 fully saturated rings. The van der Waals surface area contributed by atoms with Crippen molar-refractivity contribution in [1.82, 2.24) is 0 Å². The number of hydrogen-bond acceptors (Lipinski definition) is 0. The number of aryl methyl sites for hydroxylation is 2. The third-order valence-electron chi connectivity index (χ3n) is 2.93. The molecule has 18 heavy (non-hydrogen) atoms. The monoisotopic (exact) mass is 374 g/mol. The molecule has 2 aromatic rings. The van der Waals surface area contributed by atoms with E-state index in [2.05, 4.69) is 35.6 Å². The summed E-state index contributed by atoms with van der Waals surface area (Å²) in [7, 11) is 0. The topological polar surface area (TPSA) is 0 Å². The molecule has 0 aliphatic rings. The number of rotatable bonds is 2. The molecule has 0 amide bonds. The van der Waals surface area contributed by atoms with Gasteiger partial charge in [-0.25, -0.2) is 4.39 Å². The molecule has 1 atom stereocenters. The standard InChI is InChI=1S/C15H13ClFI/c1-9-3-5-12(10(2)7-9)15(16)13-6-4-11(17)8-14(13)18/h3-8,15H,1-2H3. The molecule has 2 rings (SSSR count). The van der Waals surface area contributed by atoms with Crippen LogP contribution in [-0.4, -0.2) is 0 Å². The van der Waals surface area contributed by atoms with Gasteiger partial charge >= 0.3 is 0 Å². The Bertz CT molecular complexity index is 529. The van der Waals surface area contributed by atoms with Crippen LogP contribution < -0.4 is 0 Å². The smallest absolute Gasteiger partial charge is 0.124 e. The molecule has 0 aliphatic heterocycles. The second kappa shape index (κ2) is 5.57. The maximum absolute atomic E-state index is 13.1. The lowest BCUT2D eigenvalue weighted by molar-refractivity contribution is 0.626. The minimum atomic E-state index is -0.238. The van der Waals surface area contributed by atoms with Crippen LogP contribution in [0.1, 0.15) is 27.6 Å². The van der Waals surface area contributed by atoms with E-state index in [0.717, 1.165) is 20.3 Å². The first-order valence-corrected chi connectivity index (χ1v) is 7.16. The summed E-state index contributed by atoms with van der Waals surface area (Å²) in [6, 6.07) is 10.9. The highest BCUT2D eigenvalue weighted by Crippen LogP contribution is 2.34. The zero-order valence-electron chi connectivity index (χ0n) is 10.2. The van der Waals surface area contributed by atoms with Crippen molar-refractivity contribution in [1.29, 1.82) is 0 Å². The summed E-state index contributed by atoms with van der Waals surface area (Å²) in [4.78, 5) is 0. The molecule has 0 aromatic heterocycles. The van der Waals surface area contributed by atoms with Crippen LogP contribution in [0.15, 0.2) is 36.4 Å². The molecule has 1 unspecified atom stereocenters. The van der Waals surface area contributed by atoms with E-state index in [0.29, 0.717) is 0 Å². The molecule has 94 valence electrons. The van der Waals surface area contributed by atoms with Gasteiger partial charge in [-0.2, -0.15) is 0 Å². The SMILES string of the molecule is Cc1ccc(C(Cl)c2ccc(F)cc2I)c(C)c1. The number of hydrogen-bond donors (Lipinski definition) is 0. The Morgan fingerprint density at radius 1 is 1.06 bits per heavy atom. The van der Waals surface area contributed by atoms with Crippen molar-refractivity contribution in [3.8, 4) is 0 Å². The molecular weight excluding hydrogens is 362 g/mol. The first-order chi connectivity index (χ1) is 8.49. The van der Waals surface area contributed by atoms with Crippen molar-refractivity contribution in [2.24, 2.45) is 0 Å². The van der Waals surface area contributed by atoms with E-state index in [4.69, 9.17) is 11.6 Å². The fourth-order valence-corrected chi connectivity index (χ4v) is 3.39. The van der Waals surface area contributed by atoms with Crippen LogP contribution >= 0.6 is 34.2 Å². The van der Waals surface area contributed by atoms with E-state index < -0.39 is 0 Å². The quantitative estimate of drug-likeness (QED) is 0.489. The Morgan fingerprint density at radius 3 is 2.33 bits per heavy atom. The van der Waals surface area contributed by atoms with Crippen molar-refractivity contribution in [3.63, 3.8) is 0 Å². The van der Waals surface area contributed by atoms with Gasteiger partial charge < -0.3 is 0 Å². The molecule has 3 heteroatoms. The molecule has 0 bridgehead atoms. The highest BCUT2D eigenvalue weighted by atomic mass is 127. The van der Waals surface area contributed by atoms with Gasteiger partial charge in [-0.05, 0) is 65.3 Å². The van der Waals surface area contributed by atoms with E-state index in [1.54, 1.807) is 6.07 Å². The molecule has 2 aromatic carbocycles. The van der Waals surface area contributed by atoms with E-state index in [-0.39, 0.29) is 11.2 Å². The van der Waals surface area contributed by atoms with E-state index in [1.807, 2.05) is 19.1 Å². The van der Waals surface area contributed by atoms with Gasteiger partial charge in [0.15, 0.2) is 0 Å². The van der Waals surface area contributed by atoms with Crippen molar-refractivity contribution in [2.45, 2.75) is 19.2 Å². The lowest BCUT2D eigenvalue weighted by Crippen LogP contribution is -1.99. The average molecular weight is 375 g/mol. The summed E-state index contributed by atoms with van der Waals surface area (Å²) in [5.74, 6) is -0.229. The van der Waals surface area contributed by atoms with Crippen LogP contribution in [0.25, 0.3) is 0 Å². The average Bonchev–Trinajstić information content (AvgIpc) is 2.28. The second-order valence-corrected chi connectivity index (χ2v) is 5.99. The van der Waals surface area contributed by atoms with Gasteiger partial charge in [-0.1, -0.05) is 29.8 Å². The van der Waals surface area contributed by atoms with Crippen LogP contribution in [-0.2, 0) is 0 Å². The molecule has 0 nitrogen and oxygen atoms in total. The molecule has 0 radical (unpaired) electrons. The zero-order valence-corrected chi connectivity index (χ0v) is 13.1. The van der Waals surface area contributed by atoms with Crippen LogP contribution in [0.3, 0.4) is 0 Å². The van der Waals surface area contributed by atoms with E-state index >= 15 is 0 Å². The Labute approximate surface area is 125 Å². The van der Waals surface area contributed by atoms with Crippen LogP contribution in [0.4, 0.5) is 4.39 Å². The molecule has 0 N–H and O–H groups in total. The highest BCUT2D eigenvalue weighted by molar-refractivity contribution is 14.1. The summed E-state index contributed by atoms with van der Waals surface area (Å²) >= 11 is 8.64. The summed E-state index contributed by atoms with van der Waals surface area (Å²) in [5.41, 5.74) is 4.40. The summed E-state index contributed by atoms with van der Waals surface area (Å²) < 4.78 is 14.0. The highest BCUT2D eigenvalue weighted by Gasteiger charge is 2.16. The number of benzene rings is 2. The normalized spacial score (nSPS) is 12.5. The van der Waals surface area contributed by atoms with Gasteiger partial charge in [-0.15, -0.1) is 11.6 Å². The van der Waals surface area contributed by atoms with Gasteiger partial charge in [0.05, 0.1) is 5.38 Å². The van der Waals surface area contributed by atoms with Gasteiger partial charge in [0, 0.05) is 3.57 Å². The first kappa shape index (κ1) is 13.8. The first-order valence-electron chi connectivity index (χ1n) is 5.65. The fraction of sp³-hybridized carbons (Fsp3) is 0.200. The van der Waals surface area contributed by atoms with Crippen LogP contribution in [0.5, 0.6) is 0 Å².